The Kier molecular flexibility index (Phi) is 8.57. The van der Waals surface area contributed by atoms with Crippen molar-refractivity contribution < 1.29 is 35.8 Å². The van der Waals surface area contributed by atoms with E-state index in [9.17, 15) is 31.6 Å². The summed E-state index contributed by atoms with van der Waals surface area (Å²) in [6.07, 6.45) is -1.92. The van der Waals surface area contributed by atoms with Gasteiger partial charge >= 0.3 is 16.3 Å². The maximum absolute atomic E-state index is 13.3. The van der Waals surface area contributed by atoms with Crippen molar-refractivity contribution in [2.45, 2.75) is 57.7 Å². The average molecular weight is 586 g/mol. The number of nitrogens with zero attached hydrogens (tertiary/aromatic N) is 3. The van der Waals surface area contributed by atoms with Gasteiger partial charge in [0.1, 0.15) is 11.6 Å². The highest BCUT2D eigenvalue weighted by Gasteiger charge is 2.32. The number of aromatic nitrogens is 2. The molecular weight excluding hydrogens is 559 g/mol. The highest BCUT2D eigenvalue weighted by Crippen LogP contribution is 2.33. The second-order valence-corrected chi connectivity index (χ2v) is 11.4. The van der Waals surface area contributed by atoms with E-state index in [-0.39, 0.29) is 17.5 Å². The lowest BCUT2D eigenvalue weighted by atomic mass is 9.95. The topological polar surface area (TPSA) is 102 Å². The first-order valence-corrected chi connectivity index (χ1v) is 14.3. The molecule has 1 amide bonds. The van der Waals surface area contributed by atoms with E-state index < -0.39 is 34.4 Å². The molecule has 1 fully saturated rings. The Balaban J connectivity index is 1.69. The molecule has 1 aliphatic rings. The molecule has 1 aromatic heterocycles. The molecule has 210 valence electrons. The molecule has 0 aliphatic heterocycles. The van der Waals surface area contributed by atoms with Gasteiger partial charge in [-0.05, 0) is 56.2 Å². The minimum atomic E-state index is -4.63. The van der Waals surface area contributed by atoms with E-state index in [0.717, 1.165) is 24.3 Å². The monoisotopic (exact) mass is 585 g/mol. The largest absolute Gasteiger partial charge is 0.390 e. The number of hydroxylamine groups is 2. The van der Waals surface area contributed by atoms with E-state index in [2.05, 4.69) is 4.98 Å². The van der Waals surface area contributed by atoms with Gasteiger partial charge in [0.05, 0.1) is 28.9 Å². The molecule has 1 aliphatic carbocycles. The number of alkyl halides is 3. The molecule has 1 saturated carbocycles. The van der Waals surface area contributed by atoms with Crippen molar-refractivity contribution in [2.75, 3.05) is 5.75 Å². The summed E-state index contributed by atoms with van der Waals surface area (Å²) in [5.74, 6) is -1.72. The molecule has 2 aromatic carbocycles. The molecule has 8 nitrogen and oxygen atoms in total. The summed E-state index contributed by atoms with van der Waals surface area (Å²) >= 11 is 6.44. The smallest absolute Gasteiger partial charge is 0.382 e. The Labute approximate surface area is 229 Å². The van der Waals surface area contributed by atoms with Crippen LogP contribution in [0, 0.1) is 6.92 Å². The molecule has 13 heteroatoms. The molecule has 39 heavy (non-hydrogen) atoms. The summed E-state index contributed by atoms with van der Waals surface area (Å²) < 4.78 is 67.8. The predicted octanol–water partition coefficient (Wildman–Crippen LogP) is 6.33. The number of rotatable bonds is 8. The Bertz CT molecular complexity index is 1440. The molecule has 1 N–H and O–H groups in total. The van der Waals surface area contributed by atoms with E-state index in [1.54, 1.807) is 35.8 Å². The van der Waals surface area contributed by atoms with E-state index in [1.807, 2.05) is 0 Å². The molecule has 1 heterocycles. The van der Waals surface area contributed by atoms with Crippen LogP contribution in [0.5, 0.6) is 5.75 Å². The van der Waals surface area contributed by atoms with Crippen LogP contribution in [-0.4, -0.2) is 52.1 Å². The van der Waals surface area contributed by atoms with E-state index in [0.29, 0.717) is 40.6 Å². The molecule has 3 aromatic rings. The first-order valence-electron chi connectivity index (χ1n) is 12.3. The average Bonchev–Trinajstić information content (AvgIpc) is 3.24. The standard InChI is InChI=1S/C26H27ClF3N3O5S/c1-17-23(25(34)33(35)19-7-3-2-4-8-19)31-24(21-9-5-6-10-22(21)27)32(17)18-11-13-20(14-12-18)38-39(36,37)16-15-26(28,29)30/h5-6,9-14,19,35H,2-4,7-8,15-16H2,1H3. The number of hydrogen-bond donors (Lipinski definition) is 1. The van der Waals surface area contributed by atoms with Gasteiger partial charge in [-0.15, -0.1) is 0 Å². The number of carbonyl (C=O) groups is 1. The summed E-state index contributed by atoms with van der Waals surface area (Å²) in [5.41, 5.74) is 1.39. The second kappa shape index (κ2) is 11.6. The molecule has 0 bridgehead atoms. The fourth-order valence-electron chi connectivity index (χ4n) is 4.52. The molecule has 0 saturated heterocycles. The number of benzene rings is 2. The molecule has 0 spiro atoms. The Morgan fingerprint density at radius 1 is 1.13 bits per heavy atom. The Morgan fingerprint density at radius 3 is 2.38 bits per heavy atom. The van der Waals surface area contributed by atoms with Crippen molar-refractivity contribution in [3.8, 4) is 22.8 Å². The van der Waals surface area contributed by atoms with Crippen LogP contribution in [0.15, 0.2) is 48.5 Å². The van der Waals surface area contributed by atoms with Crippen LogP contribution >= 0.6 is 11.6 Å². The van der Waals surface area contributed by atoms with Gasteiger partial charge in [-0.1, -0.05) is 43.0 Å². The van der Waals surface area contributed by atoms with Crippen molar-refractivity contribution in [2.24, 2.45) is 0 Å². The molecular formula is C26H27ClF3N3O5S. The van der Waals surface area contributed by atoms with Gasteiger partial charge in [0, 0.05) is 11.3 Å². The Hall–Kier alpha value is -3.09. The van der Waals surface area contributed by atoms with Crippen molar-refractivity contribution >= 4 is 27.6 Å². The highest BCUT2D eigenvalue weighted by molar-refractivity contribution is 7.87. The summed E-state index contributed by atoms with van der Waals surface area (Å²) in [4.78, 5) is 17.9. The van der Waals surface area contributed by atoms with Crippen molar-refractivity contribution in [3.63, 3.8) is 0 Å². The van der Waals surface area contributed by atoms with Crippen LogP contribution < -0.4 is 4.18 Å². The third-order valence-corrected chi connectivity index (χ3v) is 7.99. The SMILES string of the molecule is Cc1c(C(=O)N(O)C2CCCCC2)nc(-c2ccccc2Cl)n1-c1ccc(OS(=O)(=O)CCC(F)(F)F)cc1. The maximum atomic E-state index is 13.3. The molecule has 0 atom stereocenters. The van der Waals surface area contributed by atoms with Gasteiger partial charge in [-0.3, -0.25) is 14.6 Å². The number of amides is 1. The van der Waals surface area contributed by atoms with Crippen LogP contribution in [0.3, 0.4) is 0 Å². The third-order valence-electron chi connectivity index (χ3n) is 6.51. The van der Waals surface area contributed by atoms with Gasteiger partial charge in [0.2, 0.25) is 0 Å². The molecule has 4 rings (SSSR count). The van der Waals surface area contributed by atoms with Crippen molar-refractivity contribution in [3.05, 3.63) is 64.9 Å². The van der Waals surface area contributed by atoms with Crippen LogP contribution in [0.25, 0.3) is 17.1 Å². The molecule has 0 radical (unpaired) electrons. The van der Waals surface area contributed by atoms with E-state index >= 15 is 0 Å². The van der Waals surface area contributed by atoms with E-state index in [4.69, 9.17) is 15.8 Å². The van der Waals surface area contributed by atoms with Crippen LogP contribution in [0.2, 0.25) is 5.02 Å². The van der Waals surface area contributed by atoms with Gasteiger partial charge in [-0.25, -0.2) is 10.0 Å². The number of hydrogen-bond acceptors (Lipinski definition) is 6. The van der Waals surface area contributed by atoms with Gasteiger partial charge in [0.25, 0.3) is 5.91 Å². The highest BCUT2D eigenvalue weighted by atomic mass is 35.5. The zero-order valence-corrected chi connectivity index (χ0v) is 22.6. The maximum Gasteiger partial charge on any atom is 0.390 e. The normalized spacial score (nSPS) is 14.8. The lowest BCUT2D eigenvalue weighted by Gasteiger charge is -2.28. The minimum Gasteiger partial charge on any atom is -0.382 e. The fourth-order valence-corrected chi connectivity index (χ4v) is 5.71. The fraction of sp³-hybridized carbons (Fsp3) is 0.385. The number of halogens is 4. The summed E-state index contributed by atoms with van der Waals surface area (Å²) in [5, 5.41) is 11.8. The number of imidazole rings is 1. The first kappa shape index (κ1) is 28.9. The number of carbonyl (C=O) groups excluding carboxylic acids is 1. The van der Waals surface area contributed by atoms with Crippen LogP contribution in [-0.2, 0) is 10.1 Å². The van der Waals surface area contributed by atoms with Crippen LogP contribution in [0.1, 0.15) is 54.7 Å². The zero-order valence-electron chi connectivity index (χ0n) is 21.0. The van der Waals surface area contributed by atoms with Crippen molar-refractivity contribution in [1.82, 2.24) is 14.6 Å². The van der Waals surface area contributed by atoms with Gasteiger partial charge in [-0.2, -0.15) is 21.6 Å². The van der Waals surface area contributed by atoms with Gasteiger partial charge < -0.3 is 4.18 Å². The third kappa shape index (κ3) is 6.92. The van der Waals surface area contributed by atoms with E-state index in [1.165, 1.54) is 24.3 Å². The summed E-state index contributed by atoms with van der Waals surface area (Å²) in [7, 11) is -4.47. The summed E-state index contributed by atoms with van der Waals surface area (Å²) in [6.45, 7) is 1.65. The first-order chi connectivity index (χ1) is 18.4. The molecule has 0 unspecified atom stereocenters. The van der Waals surface area contributed by atoms with Crippen molar-refractivity contribution in [1.29, 1.82) is 0 Å². The van der Waals surface area contributed by atoms with Gasteiger partial charge in [0.15, 0.2) is 5.69 Å². The summed E-state index contributed by atoms with van der Waals surface area (Å²) in [6, 6.07) is 12.1. The predicted molar refractivity (Wildman–Crippen MR) is 139 cm³/mol. The minimum absolute atomic E-state index is 0.0213. The Morgan fingerprint density at radius 2 is 1.77 bits per heavy atom. The quantitative estimate of drug-likeness (QED) is 0.188. The lowest BCUT2D eigenvalue weighted by molar-refractivity contribution is -0.130. The lowest BCUT2D eigenvalue weighted by Crippen LogP contribution is -2.39. The zero-order chi connectivity index (χ0) is 28.4. The van der Waals surface area contributed by atoms with Crippen LogP contribution in [0.4, 0.5) is 13.2 Å². The second-order valence-electron chi connectivity index (χ2n) is 9.33.